The van der Waals surface area contributed by atoms with Gasteiger partial charge in [0.25, 0.3) is 5.91 Å². The first-order valence-electron chi connectivity index (χ1n) is 6.90. The Balaban J connectivity index is 2.08. The van der Waals surface area contributed by atoms with Gasteiger partial charge in [0.05, 0.1) is 10.0 Å². The second kappa shape index (κ2) is 6.81. The Bertz CT molecular complexity index is 612. The summed E-state index contributed by atoms with van der Waals surface area (Å²) in [5.74, 6) is -0.841. The van der Waals surface area contributed by atoms with E-state index in [1.165, 1.54) is 17.0 Å². The van der Waals surface area contributed by atoms with Crippen LogP contribution in [-0.2, 0) is 4.79 Å². The van der Waals surface area contributed by atoms with Crippen LogP contribution in [0.4, 0.5) is 9.18 Å². The van der Waals surface area contributed by atoms with Crippen molar-refractivity contribution in [3.8, 4) is 0 Å². The Hall–Kier alpha value is -1.37. The zero-order valence-electron chi connectivity index (χ0n) is 12.2. The van der Waals surface area contributed by atoms with E-state index in [2.05, 4.69) is 5.32 Å². The summed E-state index contributed by atoms with van der Waals surface area (Å²) in [6, 6.07) is 1.48. The van der Waals surface area contributed by atoms with Crippen molar-refractivity contribution in [2.75, 3.05) is 13.1 Å². The van der Waals surface area contributed by atoms with E-state index >= 15 is 0 Å². The highest BCUT2D eigenvalue weighted by atomic mass is 35.5. The van der Waals surface area contributed by atoms with Gasteiger partial charge in [-0.25, -0.2) is 9.18 Å². The molecule has 5 nitrogen and oxygen atoms in total. The number of urea groups is 1. The third-order valence-electron chi connectivity index (χ3n) is 3.62. The molecule has 0 unspecified atom stereocenters. The molecule has 0 bridgehead atoms. The number of quaternary nitrogens is 1. The van der Waals surface area contributed by atoms with Crippen LogP contribution in [0.1, 0.15) is 25.5 Å². The van der Waals surface area contributed by atoms with E-state index in [0.717, 1.165) is 0 Å². The highest BCUT2D eigenvalue weighted by molar-refractivity contribution is 6.35. The topological polar surface area (TPSA) is 66.0 Å². The lowest BCUT2D eigenvalue weighted by molar-refractivity contribution is -0.710. The fraction of sp³-hybridized carbons (Fsp3) is 0.429. The lowest BCUT2D eigenvalue weighted by Gasteiger charge is -2.20. The summed E-state index contributed by atoms with van der Waals surface area (Å²) in [5.41, 5.74) is 0.550. The molecule has 0 spiro atoms. The highest BCUT2D eigenvalue weighted by Crippen LogP contribution is 2.27. The zero-order valence-corrected chi connectivity index (χ0v) is 13.7. The SMILES string of the molecule is C[C@H]([NH2+][C@H](C)c1cc(F)c(Cl)cc1Cl)C(=O)N1CCNC1=O. The Morgan fingerprint density at radius 2 is 2.05 bits per heavy atom. The predicted octanol–water partition coefficient (Wildman–Crippen LogP) is 1.70. The molecule has 1 saturated heterocycles. The molecule has 1 aromatic rings. The van der Waals surface area contributed by atoms with Crippen molar-refractivity contribution in [2.45, 2.75) is 25.9 Å². The van der Waals surface area contributed by atoms with Gasteiger partial charge in [-0.05, 0) is 26.0 Å². The molecule has 2 atom stereocenters. The quantitative estimate of drug-likeness (QED) is 0.813. The molecule has 1 aliphatic heterocycles. The number of halogens is 3. The average Bonchev–Trinajstić information content (AvgIpc) is 2.87. The van der Waals surface area contributed by atoms with E-state index in [1.54, 1.807) is 12.2 Å². The largest absolute Gasteiger partial charge is 0.336 e. The van der Waals surface area contributed by atoms with E-state index in [1.807, 2.05) is 6.92 Å². The molecule has 3 N–H and O–H groups in total. The summed E-state index contributed by atoms with van der Waals surface area (Å²) < 4.78 is 13.6. The van der Waals surface area contributed by atoms with E-state index in [9.17, 15) is 14.0 Å². The molecule has 8 heteroatoms. The Labute approximate surface area is 137 Å². The van der Waals surface area contributed by atoms with Crippen molar-refractivity contribution in [1.29, 1.82) is 0 Å². The summed E-state index contributed by atoms with van der Waals surface area (Å²) >= 11 is 11.8. The van der Waals surface area contributed by atoms with E-state index in [0.29, 0.717) is 23.7 Å². The molecule has 0 radical (unpaired) electrons. The van der Waals surface area contributed by atoms with E-state index in [-0.39, 0.29) is 23.0 Å². The minimum Gasteiger partial charge on any atom is -0.336 e. The molecule has 1 heterocycles. The van der Waals surface area contributed by atoms with Crippen LogP contribution in [0.15, 0.2) is 12.1 Å². The molecule has 0 aliphatic carbocycles. The molecule has 1 fully saturated rings. The number of amides is 3. The van der Waals surface area contributed by atoms with Crippen LogP contribution in [0.5, 0.6) is 0 Å². The first kappa shape index (κ1) is 17.0. The second-order valence-electron chi connectivity index (χ2n) is 5.28. The molecular weight excluding hydrogens is 332 g/mol. The van der Waals surface area contributed by atoms with Crippen molar-refractivity contribution < 1.29 is 19.3 Å². The van der Waals surface area contributed by atoms with Gasteiger partial charge in [0, 0.05) is 18.7 Å². The second-order valence-corrected chi connectivity index (χ2v) is 6.09. The van der Waals surface area contributed by atoms with Crippen LogP contribution in [0, 0.1) is 5.82 Å². The molecule has 1 aliphatic rings. The zero-order chi connectivity index (χ0) is 16.4. The van der Waals surface area contributed by atoms with Crippen LogP contribution in [0.2, 0.25) is 10.0 Å². The summed E-state index contributed by atoms with van der Waals surface area (Å²) in [5, 5.41) is 4.62. The smallest absolute Gasteiger partial charge is 0.324 e. The maximum Gasteiger partial charge on any atom is 0.324 e. The van der Waals surface area contributed by atoms with Crippen LogP contribution in [-0.4, -0.2) is 36.0 Å². The molecule has 120 valence electrons. The number of hydrogen-bond donors (Lipinski definition) is 2. The van der Waals surface area contributed by atoms with Crippen molar-refractivity contribution >= 4 is 35.1 Å². The van der Waals surface area contributed by atoms with Crippen LogP contribution < -0.4 is 10.6 Å². The minimum atomic E-state index is -0.556. The number of benzene rings is 1. The standard InChI is InChI=1S/C14H16Cl2FN3O2/c1-7(9-5-12(17)11(16)6-10(9)15)19-8(2)13(21)20-4-3-18-14(20)22/h5-8,19H,3-4H2,1-2H3,(H,18,22)/p+1/t7-,8+/m1/s1. The normalized spacial score (nSPS) is 17.3. The summed E-state index contributed by atoms with van der Waals surface area (Å²) in [7, 11) is 0. The third-order valence-corrected chi connectivity index (χ3v) is 4.24. The molecule has 3 amide bonds. The van der Waals surface area contributed by atoms with Crippen LogP contribution >= 0.6 is 23.2 Å². The van der Waals surface area contributed by atoms with Crippen LogP contribution in [0.3, 0.4) is 0 Å². The number of nitrogens with one attached hydrogen (secondary N) is 1. The number of hydrogen-bond acceptors (Lipinski definition) is 2. The number of imide groups is 1. The number of carbonyl (C=O) groups excluding carboxylic acids is 2. The number of rotatable bonds is 4. The van der Waals surface area contributed by atoms with Gasteiger partial charge in [-0.2, -0.15) is 0 Å². The fourth-order valence-corrected chi connectivity index (χ4v) is 2.99. The predicted molar refractivity (Wildman–Crippen MR) is 81.3 cm³/mol. The summed E-state index contributed by atoms with van der Waals surface area (Å²) in [4.78, 5) is 24.9. The van der Waals surface area contributed by atoms with E-state index < -0.39 is 11.9 Å². The Morgan fingerprint density at radius 3 is 2.64 bits per heavy atom. The Morgan fingerprint density at radius 1 is 1.36 bits per heavy atom. The summed E-state index contributed by atoms with van der Waals surface area (Å²) in [6.45, 7) is 4.33. The average molecular weight is 349 g/mol. The number of nitrogens with zero attached hydrogens (tertiary/aromatic N) is 1. The lowest BCUT2D eigenvalue weighted by atomic mass is 10.1. The fourth-order valence-electron chi connectivity index (χ4n) is 2.43. The van der Waals surface area contributed by atoms with Gasteiger partial charge < -0.3 is 10.6 Å². The first-order valence-corrected chi connectivity index (χ1v) is 7.65. The van der Waals surface area contributed by atoms with Gasteiger partial charge in [0.15, 0.2) is 6.04 Å². The molecular formula is C14H17Cl2FN3O2+. The third kappa shape index (κ3) is 3.51. The molecule has 0 saturated carbocycles. The monoisotopic (exact) mass is 348 g/mol. The first-order chi connectivity index (χ1) is 10.3. The molecule has 2 rings (SSSR count). The van der Waals surface area contributed by atoms with Crippen molar-refractivity contribution in [3.63, 3.8) is 0 Å². The molecule has 1 aromatic carbocycles. The van der Waals surface area contributed by atoms with Crippen molar-refractivity contribution in [2.24, 2.45) is 0 Å². The number of carbonyl (C=O) groups is 2. The maximum atomic E-state index is 13.6. The van der Waals surface area contributed by atoms with Gasteiger partial charge in [-0.1, -0.05) is 23.2 Å². The molecule has 22 heavy (non-hydrogen) atoms. The van der Waals surface area contributed by atoms with Crippen molar-refractivity contribution in [3.05, 3.63) is 33.6 Å². The van der Waals surface area contributed by atoms with Gasteiger partial charge in [0.2, 0.25) is 0 Å². The van der Waals surface area contributed by atoms with Gasteiger partial charge in [-0.15, -0.1) is 0 Å². The highest BCUT2D eigenvalue weighted by Gasteiger charge is 2.32. The van der Waals surface area contributed by atoms with Gasteiger partial charge in [0.1, 0.15) is 11.9 Å². The summed E-state index contributed by atoms with van der Waals surface area (Å²) in [6.07, 6.45) is 0. The van der Waals surface area contributed by atoms with Gasteiger partial charge >= 0.3 is 6.03 Å². The van der Waals surface area contributed by atoms with Crippen molar-refractivity contribution in [1.82, 2.24) is 10.2 Å². The van der Waals surface area contributed by atoms with E-state index in [4.69, 9.17) is 23.2 Å². The molecule has 0 aromatic heterocycles. The lowest BCUT2D eigenvalue weighted by Crippen LogP contribution is -2.92. The number of nitrogens with two attached hydrogens (primary N) is 1. The maximum absolute atomic E-state index is 13.6. The Kier molecular flexibility index (Phi) is 5.26. The van der Waals surface area contributed by atoms with Crippen LogP contribution in [0.25, 0.3) is 0 Å². The van der Waals surface area contributed by atoms with Gasteiger partial charge in [-0.3, -0.25) is 9.69 Å². The minimum absolute atomic E-state index is 0.0428.